The molecule has 1 fully saturated rings. The third-order valence-electron chi connectivity index (χ3n) is 1.30. The van der Waals surface area contributed by atoms with E-state index in [2.05, 4.69) is 4.74 Å². The zero-order chi connectivity index (χ0) is 7.72. The molecule has 1 rings (SSSR count). The van der Waals surface area contributed by atoms with Gasteiger partial charge in [0.1, 0.15) is 6.10 Å². The molecule has 1 saturated heterocycles. The molecule has 5 heteroatoms. The molecule has 0 aromatic rings. The van der Waals surface area contributed by atoms with Gasteiger partial charge in [0.25, 0.3) is 0 Å². The van der Waals surface area contributed by atoms with Crippen LogP contribution in [0.4, 0.5) is 4.79 Å². The summed E-state index contributed by atoms with van der Waals surface area (Å²) < 4.78 is 4.49. The summed E-state index contributed by atoms with van der Waals surface area (Å²) >= 11 is 0. The fraction of sp³-hybridized carbons (Fsp3) is 0.600. The Balaban J connectivity index is 2.40. The van der Waals surface area contributed by atoms with Crippen molar-refractivity contribution in [1.29, 1.82) is 0 Å². The molecule has 1 heterocycles. The number of carboxylic acid groups (broad SMARTS) is 1. The van der Waals surface area contributed by atoms with E-state index in [9.17, 15) is 9.59 Å². The Hall–Kier alpha value is -1.26. The molecule has 56 valence electrons. The molecule has 2 atom stereocenters. The van der Waals surface area contributed by atoms with Crippen LogP contribution in [0, 0.1) is 0 Å². The van der Waals surface area contributed by atoms with Crippen molar-refractivity contribution < 1.29 is 19.4 Å². The van der Waals surface area contributed by atoms with E-state index in [0.29, 0.717) is 0 Å². The summed E-state index contributed by atoms with van der Waals surface area (Å²) in [6, 6.07) is -0.669. The van der Waals surface area contributed by atoms with Gasteiger partial charge in [-0.15, -0.1) is 0 Å². The molecule has 1 amide bonds. The van der Waals surface area contributed by atoms with Gasteiger partial charge >= 0.3 is 12.1 Å². The number of carbonyl (C=O) groups excluding carboxylic acids is 1. The normalized spacial score (nSPS) is 30.3. The van der Waals surface area contributed by atoms with Crippen LogP contribution in [0.3, 0.4) is 0 Å². The lowest BCUT2D eigenvalue weighted by atomic mass is 10.1. The second-order valence-electron chi connectivity index (χ2n) is 2.07. The highest BCUT2D eigenvalue weighted by molar-refractivity contribution is 5.85. The topological polar surface area (TPSA) is 75.6 Å². The van der Waals surface area contributed by atoms with E-state index in [1.54, 1.807) is 6.92 Å². The van der Waals surface area contributed by atoms with Crippen molar-refractivity contribution in [3.63, 3.8) is 0 Å². The Morgan fingerprint density at radius 2 is 2.40 bits per heavy atom. The molecule has 0 aromatic carbocycles. The van der Waals surface area contributed by atoms with E-state index in [1.165, 1.54) is 0 Å². The third kappa shape index (κ3) is 1.02. The Bertz CT molecular complexity index is 178. The van der Waals surface area contributed by atoms with Crippen LogP contribution in [0.2, 0.25) is 0 Å². The van der Waals surface area contributed by atoms with Crippen LogP contribution in [0.1, 0.15) is 6.92 Å². The van der Waals surface area contributed by atoms with Gasteiger partial charge < -0.3 is 15.2 Å². The molecule has 0 spiro atoms. The van der Waals surface area contributed by atoms with Crippen LogP contribution in [0.5, 0.6) is 0 Å². The maximum absolute atomic E-state index is 10.4. The van der Waals surface area contributed by atoms with Gasteiger partial charge in [0.05, 0.1) is 0 Å². The van der Waals surface area contributed by atoms with Gasteiger partial charge in [-0.3, -0.25) is 0 Å². The van der Waals surface area contributed by atoms with Gasteiger partial charge in [0.15, 0.2) is 6.04 Å². The lowest BCUT2D eigenvalue weighted by molar-refractivity contribution is -0.174. The van der Waals surface area contributed by atoms with Crippen LogP contribution in [-0.2, 0) is 9.53 Å². The highest BCUT2D eigenvalue weighted by Crippen LogP contribution is 2.12. The number of hydrogen-bond donors (Lipinski definition) is 2. The maximum atomic E-state index is 10.4. The highest BCUT2D eigenvalue weighted by atomic mass is 16.6. The van der Waals surface area contributed by atoms with Gasteiger partial charge in [-0.05, 0) is 6.92 Å². The van der Waals surface area contributed by atoms with Crippen LogP contribution in [0.15, 0.2) is 0 Å². The van der Waals surface area contributed by atoms with Crippen molar-refractivity contribution in [1.82, 2.24) is 5.32 Å². The predicted molar refractivity (Wildman–Crippen MR) is 30.5 cm³/mol. The third-order valence-corrected chi connectivity index (χ3v) is 1.30. The van der Waals surface area contributed by atoms with Crippen LogP contribution in [0.25, 0.3) is 0 Å². The Labute approximate surface area is 57.0 Å². The van der Waals surface area contributed by atoms with Crippen molar-refractivity contribution in [2.24, 2.45) is 0 Å². The van der Waals surface area contributed by atoms with Crippen molar-refractivity contribution in [2.45, 2.75) is 19.1 Å². The van der Waals surface area contributed by atoms with Crippen LogP contribution < -0.4 is 5.32 Å². The number of amides is 1. The van der Waals surface area contributed by atoms with Crippen molar-refractivity contribution >= 4 is 12.1 Å². The lowest BCUT2D eigenvalue weighted by Gasteiger charge is -2.31. The maximum Gasteiger partial charge on any atom is 0.405 e. The summed E-state index contributed by atoms with van der Waals surface area (Å²) in [7, 11) is 0. The summed E-state index contributed by atoms with van der Waals surface area (Å²) in [5, 5.41) is 10.2. The zero-order valence-corrected chi connectivity index (χ0v) is 5.33. The summed E-state index contributed by atoms with van der Waals surface area (Å²) in [5.41, 5.74) is 0. The van der Waals surface area contributed by atoms with Gasteiger partial charge in [0, 0.05) is 0 Å². The second kappa shape index (κ2) is 2.17. The highest BCUT2D eigenvalue weighted by Gasteiger charge is 2.40. The van der Waals surface area contributed by atoms with Gasteiger partial charge in [0.2, 0.25) is 0 Å². The molecular formula is C5H7NO4. The van der Waals surface area contributed by atoms with E-state index in [4.69, 9.17) is 5.11 Å². The minimum absolute atomic E-state index is 0.330. The van der Waals surface area contributed by atoms with E-state index in [-0.39, 0.29) is 6.10 Å². The van der Waals surface area contributed by atoms with Gasteiger partial charge in [-0.2, -0.15) is 0 Å². The number of ether oxygens (including phenoxy) is 1. The average Bonchev–Trinajstić information content (AvgIpc) is 1.84. The molecule has 0 aliphatic carbocycles. The summed E-state index contributed by atoms with van der Waals surface area (Å²) in [4.78, 5) is 20.4. The first kappa shape index (κ1) is 6.85. The lowest BCUT2D eigenvalue weighted by Crippen LogP contribution is -2.58. The monoisotopic (exact) mass is 145 g/mol. The molecule has 0 aromatic heterocycles. The Morgan fingerprint density at radius 1 is 1.80 bits per heavy atom. The van der Waals surface area contributed by atoms with Crippen LogP contribution >= 0.6 is 0 Å². The van der Waals surface area contributed by atoms with Gasteiger partial charge in [-0.25, -0.2) is 9.59 Å². The molecule has 0 radical (unpaired) electrons. The van der Waals surface area contributed by atoms with E-state index >= 15 is 0 Å². The van der Waals surface area contributed by atoms with Crippen molar-refractivity contribution in [2.75, 3.05) is 0 Å². The molecule has 1 aliphatic heterocycles. The molecule has 10 heavy (non-hydrogen) atoms. The van der Waals surface area contributed by atoms with Gasteiger partial charge in [-0.1, -0.05) is 0 Å². The molecule has 5 nitrogen and oxygen atoms in total. The minimum Gasteiger partial charge on any atom is -0.465 e. The molecule has 2 N–H and O–H groups in total. The Morgan fingerprint density at radius 3 is 2.60 bits per heavy atom. The predicted octanol–water partition coefficient (Wildman–Crippen LogP) is -0.432. The number of esters is 1. The fourth-order valence-electron chi connectivity index (χ4n) is 0.753. The van der Waals surface area contributed by atoms with Crippen molar-refractivity contribution in [3.05, 3.63) is 0 Å². The van der Waals surface area contributed by atoms with Crippen LogP contribution in [-0.4, -0.2) is 29.3 Å². The van der Waals surface area contributed by atoms with E-state index in [0.717, 1.165) is 0 Å². The Kier molecular flexibility index (Phi) is 1.48. The standard InChI is InChI=1S/C5H7NO4/c1-2-3(4(7)10-2)6-5(8)9/h2-3,6H,1H3,(H,8,9). The molecular weight excluding hydrogens is 138 g/mol. The largest absolute Gasteiger partial charge is 0.465 e. The van der Waals surface area contributed by atoms with E-state index < -0.39 is 18.1 Å². The molecule has 1 aliphatic rings. The summed E-state index contributed by atoms with van der Waals surface area (Å²) in [5.74, 6) is -0.505. The minimum atomic E-state index is -1.20. The second-order valence-corrected chi connectivity index (χ2v) is 2.07. The smallest absolute Gasteiger partial charge is 0.405 e. The average molecular weight is 145 g/mol. The first-order valence-electron chi connectivity index (χ1n) is 2.81. The fourth-order valence-corrected chi connectivity index (χ4v) is 0.753. The van der Waals surface area contributed by atoms with Crippen molar-refractivity contribution in [3.8, 4) is 0 Å². The first-order chi connectivity index (χ1) is 4.61. The van der Waals surface area contributed by atoms with E-state index in [1.807, 2.05) is 5.32 Å². The molecule has 0 saturated carbocycles. The number of carbonyl (C=O) groups is 2. The first-order valence-corrected chi connectivity index (χ1v) is 2.81. The number of cyclic esters (lactones) is 1. The number of hydrogen-bond acceptors (Lipinski definition) is 3. The zero-order valence-electron chi connectivity index (χ0n) is 5.33. The molecule has 2 unspecified atom stereocenters. The number of nitrogens with one attached hydrogen (secondary N) is 1. The SMILES string of the molecule is CC1OC(=O)C1NC(=O)O. The number of rotatable bonds is 1. The summed E-state index contributed by atoms with van der Waals surface area (Å²) in [6.45, 7) is 1.63. The quantitative estimate of drug-likeness (QED) is 0.491. The summed E-state index contributed by atoms with van der Waals surface area (Å²) in [6.07, 6.45) is -1.53. The molecule has 0 bridgehead atoms.